The first-order valence-electron chi connectivity index (χ1n) is 3.46. The highest BCUT2D eigenvalue weighted by molar-refractivity contribution is 4.78. The molecule has 4 N–H and O–H groups in total. The minimum atomic E-state index is -1.40. The van der Waals surface area contributed by atoms with Gasteiger partial charge in [0.1, 0.15) is 0 Å². The second-order valence-corrected chi connectivity index (χ2v) is 2.64. The second kappa shape index (κ2) is 3.30. The molecule has 0 aromatic heterocycles. The Morgan fingerprint density at radius 3 is 2.50 bits per heavy atom. The van der Waals surface area contributed by atoms with Crippen LogP contribution in [0.5, 0.6) is 0 Å². The van der Waals surface area contributed by atoms with E-state index in [1.54, 1.807) is 0 Å². The molecule has 1 heterocycles. The highest BCUT2D eigenvalue weighted by atomic mass is 16.5. The zero-order valence-electron chi connectivity index (χ0n) is 5.70. The molecular weight excluding hydrogens is 134 g/mol. The Balaban J connectivity index is 2.40. The molecule has 4 heteroatoms. The van der Waals surface area contributed by atoms with Gasteiger partial charge in [-0.25, -0.2) is 0 Å². The summed E-state index contributed by atoms with van der Waals surface area (Å²) < 4.78 is 0. The zero-order chi connectivity index (χ0) is 7.56. The third kappa shape index (κ3) is 1.67. The predicted molar refractivity (Wildman–Crippen MR) is 35.2 cm³/mol. The molecule has 1 saturated heterocycles. The lowest BCUT2D eigenvalue weighted by atomic mass is 9.96. The maximum Gasteiger partial charge on any atom is 0.157 e. The Bertz CT molecular complexity index is 107. The van der Waals surface area contributed by atoms with Gasteiger partial charge in [-0.1, -0.05) is 0 Å². The molecule has 0 saturated carbocycles. The number of nitrogens with one attached hydrogen (secondary N) is 1. The fraction of sp³-hybridized carbons (Fsp3) is 1.00. The van der Waals surface area contributed by atoms with Crippen LogP contribution < -0.4 is 5.32 Å². The van der Waals surface area contributed by atoms with Gasteiger partial charge < -0.3 is 20.6 Å². The minimum absolute atomic E-state index is 0.422. The smallest absolute Gasteiger partial charge is 0.157 e. The molecule has 0 aromatic rings. The van der Waals surface area contributed by atoms with E-state index in [1.807, 2.05) is 0 Å². The van der Waals surface area contributed by atoms with Crippen LogP contribution in [-0.4, -0.2) is 40.8 Å². The molecule has 60 valence electrons. The largest absolute Gasteiger partial charge is 0.393 e. The van der Waals surface area contributed by atoms with Crippen molar-refractivity contribution in [3.8, 4) is 0 Å². The fourth-order valence-electron chi connectivity index (χ4n) is 1.17. The van der Waals surface area contributed by atoms with Crippen molar-refractivity contribution in [2.75, 3.05) is 13.1 Å². The molecule has 0 amide bonds. The van der Waals surface area contributed by atoms with Gasteiger partial charge in [-0.3, -0.25) is 0 Å². The molecule has 0 radical (unpaired) electrons. The van der Waals surface area contributed by atoms with Gasteiger partial charge >= 0.3 is 0 Å². The molecular formula is C6H13NO3. The topological polar surface area (TPSA) is 72.7 Å². The Labute approximate surface area is 59.5 Å². The van der Waals surface area contributed by atoms with Crippen molar-refractivity contribution in [1.82, 2.24) is 5.32 Å². The number of aliphatic hydroxyl groups excluding tert-OH is 2. The third-order valence-corrected chi connectivity index (χ3v) is 1.87. The van der Waals surface area contributed by atoms with Gasteiger partial charge in [-0.2, -0.15) is 0 Å². The lowest BCUT2D eigenvalue weighted by Crippen LogP contribution is -2.45. The molecule has 4 nitrogen and oxygen atoms in total. The average molecular weight is 147 g/mol. The van der Waals surface area contributed by atoms with E-state index in [0.717, 1.165) is 6.54 Å². The normalized spacial score (nSPS) is 34.8. The average Bonchev–Trinajstić information content (AvgIpc) is 1.88. The van der Waals surface area contributed by atoms with E-state index in [4.69, 9.17) is 10.2 Å². The SMILES string of the molecule is OC(O)C1CNCCC1O. The third-order valence-electron chi connectivity index (χ3n) is 1.87. The van der Waals surface area contributed by atoms with E-state index in [9.17, 15) is 5.11 Å². The van der Waals surface area contributed by atoms with E-state index >= 15 is 0 Å². The summed E-state index contributed by atoms with van der Waals surface area (Å²) in [6, 6.07) is 0. The van der Waals surface area contributed by atoms with Gasteiger partial charge in [-0.15, -0.1) is 0 Å². The van der Waals surface area contributed by atoms with E-state index in [2.05, 4.69) is 5.32 Å². The van der Waals surface area contributed by atoms with E-state index in [-0.39, 0.29) is 0 Å². The molecule has 0 bridgehead atoms. The Hall–Kier alpha value is -0.160. The second-order valence-electron chi connectivity index (χ2n) is 2.64. The van der Waals surface area contributed by atoms with Crippen molar-refractivity contribution < 1.29 is 15.3 Å². The standard InChI is InChI=1S/C6H13NO3/c8-5-1-2-7-3-4(5)6(9)10/h4-10H,1-3H2. The van der Waals surface area contributed by atoms with Crippen LogP contribution in [-0.2, 0) is 0 Å². The molecule has 0 aromatic carbocycles. The molecule has 1 aliphatic rings. The van der Waals surface area contributed by atoms with Crippen LogP contribution in [0.4, 0.5) is 0 Å². The van der Waals surface area contributed by atoms with Crippen LogP contribution in [0.3, 0.4) is 0 Å². The van der Waals surface area contributed by atoms with Crippen LogP contribution in [0.25, 0.3) is 0 Å². The molecule has 1 fully saturated rings. The monoisotopic (exact) mass is 147 g/mol. The van der Waals surface area contributed by atoms with Crippen molar-refractivity contribution in [2.24, 2.45) is 5.92 Å². The minimum Gasteiger partial charge on any atom is -0.393 e. The van der Waals surface area contributed by atoms with Crippen molar-refractivity contribution in [3.63, 3.8) is 0 Å². The first-order chi connectivity index (χ1) is 4.72. The summed E-state index contributed by atoms with van der Waals surface area (Å²) in [6.07, 6.45) is -1.37. The fourth-order valence-corrected chi connectivity index (χ4v) is 1.17. The lowest BCUT2D eigenvalue weighted by Gasteiger charge is -2.29. The van der Waals surface area contributed by atoms with Crippen LogP contribution in [0.15, 0.2) is 0 Å². The van der Waals surface area contributed by atoms with Crippen LogP contribution >= 0.6 is 0 Å². The number of rotatable bonds is 1. The number of piperidine rings is 1. The van der Waals surface area contributed by atoms with Gasteiger partial charge in [-0.05, 0) is 13.0 Å². The first kappa shape index (κ1) is 7.94. The van der Waals surface area contributed by atoms with Crippen molar-refractivity contribution in [2.45, 2.75) is 18.8 Å². The highest BCUT2D eigenvalue weighted by Gasteiger charge is 2.27. The van der Waals surface area contributed by atoms with Crippen molar-refractivity contribution in [3.05, 3.63) is 0 Å². The van der Waals surface area contributed by atoms with Gasteiger partial charge in [0.15, 0.2) is 6.29 Å². The van der Waals surface area contributed by atoms with Crippen molar-refractivity contribution in [1.29, 1.82) is 0 Å². The Kier molecular flexibility index (Phi) is 2.62. The maximum atomic E-state index is 9.18. The van der Waals surface area contributed by atoms with Crippen molar-refractivity contribution >= 4 is 0 Å². The maximum absolute atomic E-state index is 9.18. The quantitative estimate of drug-likeness (QED) is 0.332. The summed E-state index contributed by atoms with van der Waals surface area (Å²) >= 11 is 0. The number of hydrogen-bond donors (Lipinski definition) is 4. The summed E-state index contributed by atoms with van der Waals surface area (Å²) in [4.78, 5) is 0. The lowest BCUT2D eigenvalue weighted by molar-refractivity contribution is -0.123. The first-order valence-corrected chi connectivity index (χ1v) is 3.46. The predicted octanol–water partition coefficient (Wildman–Crippen LogP) is -1.73. The molecule has 1 aliphatic heterocycles. The summed E-state index contributed by atoms with van der Waals surface area (Å²) in [5.41, 5.74) is 0. The number of hydrogen-bond acceptors (Lipinski definition) is 4. The van der Waals surface area contributed by atoms with Crippen LogP contribution in [0.2, 0.25) is 0 Å². The Morgan fingerprint density at radius 1 is 1.40 bits per heavy atom. The van der Waals surface area contributed by atoms with Gasteiger partial charge in [0.25, 0.3) is 0 Å². The molecule has 2 atom stereocenters. The van der Waals surface area contributed by atoms with E-state index in [0.29, 0.717) is 13.0 Å². The number of aliphatic hydroxyl groups is 3. The summed E-state index contributed by atoms with van der Waals surface area (Å²) in [7, 11) is 0. The molecule has 0 aliphatic carbocycles. The van der Waals surface area contributed by atoms with Gasteiger partial charge in [0.2, 0.25) is 0 Å². The zero-order valence-corrected chi connectivity index (χ0v) is 5.70. The van der Waals surface area contributed by atoms with E-state index < -0.39 is 18.3 Å². The summed E-state index contributed by atoms with van der Waals surface area (Å²) in [5, 5.41) is 29.6. The molecule has 2 unspecified atom stereocenters. The van der Waals surface area contributed by atoms with E-state index in [1.165, 1.54) is 0 Å². The summed E-state index contributed by atoms with van der Waals surface area (Å²) in [5.74, 6) is -0.422. The van der Waals surface area contributed by atoms with Gasteiger partial charge in [0, 0.05) is 12.5 Å². The Morgan fingerprint density at radius 2 is 2.10 bits per heavy atom. The van der Waals surface area contributed by atoms with Crippen LogP contribution in [0, 0.1) is 5.92 Å². The highest BCUT2D eigenvalue weighted by Crippen LogP contribution is 2.13. The summed E-state index contributed by atoms with van der Waals surface area (Å²) in [6.45, 7) is 1.24. The molecule has 1 rings (SSSR count). The molecule has 0 spiro atoms. The molecule has 10 heavy (non-hydrogen) atoms. The van der Waals surface area contributed by atoms with Gasteiger partial charge in [0.05, 0.1) is 6.10 Å². The van der Waals surface area contributed by atoms with Crippen LogP contribution in [0.1, 0.15) is 6.42 Å².